The summed E-state index contributed by atoms with van der Waals surface area (Å²) in [5.74, 6) is -1.27. The van der Waals surface area contributed by atoms with Crippen LogP contribution in [0.3, 0.4) is 0 Å². The fourth-order valence-electron chi connectivity index (χ4n) is 4.50. The first-order chi connectivity index (χ1) is 14.1. The number of carbonyl (C=O) groups excluding carboxylic acids is 1. The summed E-state index contributed by atoms with van der Waals surface area (Å²) in [6.07, 6.45) is 0. The zero-order chi connectivity index (χ0) is 20.6. The number of rotatable bonds is 4. The standard InChI is InChI=1S/C24H17BrN2O2/c1-2-29-22(28)24(15-27)21(17-10-12-18(25)13-11-17)23(24,14-26)20-9-5-7-16-6-3-4-8-19(16)20/h3-13,21H,2H2,1H3/t21-,23-,24-/m1/s1. The van der Waals surface area contributed by atoms with Crippen molar-refractivity contribution in [3.63, 3.8) is 0 Å². The summed E-state index contributed by atoms with van der Waals surface area (Å²) in [5, 5.41) is 22.5. The number of ether oxygens (including phenoxy) is 1. The molecule has 0 N–H and O–H groups in total. The summed E-state index contributed by atoms with van der Waals surface area (Å²) in [7, 11) is 0. The fraction of sp³-hybridized carbons (Fsp3) is 0.208. The van der Waals surface area contributed by atoms with E-state index in [4.69, 9.17) is 4.74 Å². The summed E-state index contributed by atoms with van der Waals surface area (Å²) in [6.45, 7) is 1.85. The van der Waals surface area contributed by atoms with Gasteiger partial charge in [-0.2, -0.15) is 10.5 Å². The second kappa shape index (κ2) is 7.03. The SMILES string of the molecule is CCOC(=O)[C@@]1(C#N)[C@H](c2ccc(Br)cc2)[C@@]1(C#N)c1cccc2ccccc12. The van der Waals surface area contributed by atoms with E-state index in [0.717, 1.165) is 20.8 Å². The number of nitrogens with zero attached hydrogens (tertiary/aromatic N) is 2. The number of hydrogen-bond acceptors (Lipinski definition) is 4. The number of carbonyl (C=O) groups is 1. The van der Waals surface area contributed by atoms with Crippen LogP contribution >= 0.6 is 15.9 Å². The van der Waals surface area contributed by atoms with Crippen LogP contribution in [0.25, 0.3) is 10.8 Å². The van der Waals surface area contributed by atoms with Crippen LogP contribution < -0.4 is 0 Å². The Balaban J connectivity index is 2.03. The van der Waals surface area contributed by atoms with E-state index in [-0.39, 0.29) is 6.61 Å². The molecule has 4 nitrogen and oxygen atoms in total. The summed E-state index contributed by atoms with van der Waals surface area (Å²) in [6, 6.07) is 25.3. The molecule has 1 saturated carbocycles. The van der Waals surface area contributed by atoms with Crippen LogP contribution in [0.4, 0.5) is 0 Å². The maximum atomic E-state index is 13.1. The molecule has 0 spiro atoms. The molecule has 0 unspecified atom stereocenters. The van der Waals surface area contributed by atoms with Crippen molar-refractivity contribution in [1.82, 2.24) is 0 Å². The highest BCUT2D eigenvalue weighted by atomic mass is 79.9. The molecule has 3 atom stereocenters. The minimum Gasteiger partial charge on any atom is -0.465 e. The zero-order valence-corrected chi connectivity index (χ0v) is 17.3. The summed E-state index contributed by atoms with van der Waals surface area (Å²) < 4.78 is 6.19. The molecule has 29 heavy (non-hydrogen) atoms. The lowest BCUT2D eigenvalue weighted by atomic mass is 9.84. The molecule has 0 amide bonds. The van der Waals surface area contributed by atoms with Crippen LogP contribution in [0.15, 0.2) is 71.2 Å². The molecule has 3 aromatic carbocycles. The maximum absolute atomic E-state index is 13.1. The molecule has 4 rings (SSSR count). The van der Waals surface area contributed by atoms with Gasteiger partial charge in [0.2, 0.25) is 0 Å². The largest absolute Gasteiger partial charge is 0.465 e. The molecule has 142 valence electrons. The summed E-state index contributed by atoms with van der Waals surface area (Å²) in [5.41, 5.74) is -1.49. The quantitative estimate of drug-likeness (QED) is 0.516. The lowest BCUT2D eigenvalue weighted by Gasteiger charge is -2.15. The third-order valence-electron chi connectivity index (χ3n) is 5.77. The van der Waals surface area contributed by atoms with Crippen molar-refractivity contribution in [3.8, 4) is 12.1 Å². The average Bonchev–Trinajstić information content (AvgIpc) is 3.38. The third-order valence-corrected chi connectivity index (χ3v) is 6.30. The van der Waals surface area contributed by atoms with Gasteiger partial charge in [-0.1, -0.05) is 70.5 Å². The van der Waals surface area contributed by atoms with Crippen molar-refractivity contribution < 1.29 is 9.53 Å². The molecule has 0 aliphatic heterocycles. The van der Waals surface area contributed by atoms with Gasteiger partial charge in [-0.25, -0.2) is 0 Å². The van der Waals surface area contributed by atoms with Crippen molar-refractivity contribution in [2.24, 2.45) is 5.41 Å². The topological polar surface area (TPSA) is 73.9 Å². The molecular formula is C24H17BrN2O2. The van der Waals surface area contributed by atoms with Crippen molar-refractivity contribution in [3.05, 3.63) is 82.3 Å². The Morgan fingerprint density at radius 3 is 2.38 bits per heavy atom. The van der Waals surface area contributed by atoms with E-state index in [1.807, 2.05) is 66.7 Å². The van der Waals surface area contributed by atoms with Gasteiger partial charge in [0.1, 0.15) is 5.41 Å². The zero-order valence-electron chi connectivity index (χ0n) is 15.7. The Morgan fingerprint density at radius 1 is 1.03 bits per heavy atom. The Bertz CT molecular complexity index is 1190. The van der Waals surface area contributed by atoms with E-state index in [2.05, 4.69) is 28.1 Å². The third kappa shape index (κ3) is 2.51. The first-order valence-corrected chi connectivity index (χ1v) is 10.1. The molecule has 3 aromatic rings. The highest BCUT2D eigenvalue weighted by Gasteiger charge is 2.85. The predicted octanol–water partition coefficient (Wildman–Crippen LogP) is 5.23. The maximum Gasteiger partial charge on any atom is 0.329 e. The van der Waals surface area contributed by atoms with Crippen LogP contribution in [-0.4, -0.2) is 12.6 Å². The number of halogens is 1. The number of esters is 1. The van der Waals surface area contributed by atoms with Crippen molar-refractivity contribution in [2.75, 3.05) is 6.61 Å². The second-order valence-corrected chi connectivity index (χ2v) is 7.99. The molecule has 0 radical (unpaired) electrons. The van der Waals surface area contributed by atoms with E-state index in [0.29, 0.717) is 5.56 Å². The van der Waals surface area contributed by atoms with Crippen LogP contribution in [-0.2, 0) is 14.9 Å². The summed E-state index contributed by atoms with van der Waals surface area (Å²) in [4.78, 5) is 13.1. The monoisotopic (exact) mass is 444 g/mol. The van der Waals surface area contributed by atoms with Crippen LogP contribution in [0.1, 0.15) is 24.0 Å². The number of hydrogen-bond donors (Lipinski definition) is 0. The minimum absolute atomic E-state index is 0.145. The van der Waals surface area contributed by atoms with E-state index >= 15 is 0 Å². The van der Waals surface area contributed by atoms with E-state index in [1.165, 1.54) is 0 Å². The van der Waals surface area contributed by atoms with Crippen LogP contribution in [0.5, 0.6) is 0 Å². The van der Waals surface area contributed by atoms with Gasteiger partial charge in [0.15, 0.2) is 5.41 Å². The van der Waals surface area contributed by atoms with Gasteiger partial charge in [-0.3, -0.25) is 4.79 Å². The lowest BCUT2D eigenvalue weighted by molar-refractivity contribution is -0.148. The molecule has 1 fully saturated rings. The molecular weight excluding hydrogens is 428 g/mol. The minimum atomic E-state index is -1.60. The normalized spacial score (nSPS) is 25.0. The van der Waals surface area contributed by atoms with Gasteiger partial charge in [-0.05, 0) is 41.0 Å². The first-order valence-electron chi connectivity index (χ1n) is 9.30. The second-order valence-electron chi connectivity index (χ2n) is 7.07. The first kappa shape index (κ1) is 19.2. The fourth-order valence-corrected chi connectivity index (χ4v) is 4.77. The smallest absolute Gasteiger partial charge is 0.329 e. The van der Waals surface area contributed by atoms with E-state index in [9.17, 15) is 15.3 Å². The molecule has 0 heterocycles. The highest BCUT2D eigenvalue weighted by molar-refractivity contribution is 9.10. The average molecular weight is 445 g/mol. The molecule has 1 aliphatic rings. The van der Waals surface area contributed by atoms with E-state index < -0.39 is 22.7 Å². The Labute approximate surface area is 177 Å². The van der Waals surface area contributed by atoms with Crippen LogP contribution in [0, 0.1) is 28.1 Å². The van der Waals surface area contributed by atoms with Gasteiger partial charge >= 0.3 is 5.97 Å². The van der Waals surface area contributed by atoms with Gasteiger partial charge in [0.05, 0.1) is 18.7 Å². The van der Waals surface area contributed by atoms with Gasteiger partial charge in [0, 0.05) is 10.4 Å². The molecule has 0 bridgehead atoms. The number of fused-ring (bicyclic) bond motifs is 1. The number of nitriles is 2. The Kier molecular flexibility index (Phi) is 4.65. The van der Waals surface area contributed by atoms with Gasteiger partial charge in [-0.15, -0.1) is 0 Å². The van der Waals surface area contributed by atoms with Crippen molar-refractivity contribution in [2.45, 2.75) is 18.3 Å². The molecule has 5 heteroatoms. The number of benzene rings is 3. The van der Waals surface area contributed by atoms with Gasteiger partial charge < -0.3 is 4.74 Å². The lowest BCUT2D eigenvalue weighted by Crippen LogP contribution is -2.27. The van der Waals surface area contributed by atoms with Crippen LogP contribution in [0.2, 0.25) is 0 Å². The predicted molar refractivity (Wildman–Crippen MR) is 113 cm³/mol. The molecule has 0 saturated heterocycles. The van der Waals surface area contributed by atoms with Crippen molar-refractivity contribution in [1.29, 1.82) is 10.5 Å². The van der Waals surface area contributed by atoms with Gasteiger partial charge in [0.25, 0.3) is 0 Å². The Hall–Kier alpha value is -3.15. The van der Waals surface area contributed by atoms with Crippen molar-refractivity contribution >= 4 is 32.7 Å². The summed E-state index contributed by atoms with van der Waals surface area (Å²) >= 11 is 3.42. The molecule has 1 aliphatic carbocycles. The van der Waals surface area contributed by atoms with E-state index in [1.54, 1.807) is 6.92 Å². The highest BCUT2D eigenvalue weighted by Crippen LogP contribution is 2.75. The molecule has 0 aromatic heterocycles. The Morgan fingerprint density at radius 2 is 1.72 bits per heavy atom.